The fourth-order valence-corrected chi connectivity index (χ4v) is 3.85. The summed E-state index contributed by atoms with van der Waals surface area (Å²) in [6.07, 6.45) is 1.97. The van der Waals surface area contributed by atoms with Crippen molar-refractivity contribution in [2.75, 3.05) is 31.5 Å². The predicted octanol–water partition coefficient (Wildman–Crippen LogP) is 2.96. The number of benzene rings is 1. The van der Waals surface area contributed by atoms with Gasteiger partial charge in [0.25, 0.3) is 5.91 Å². The molecule has 8 nitrogen and oxygen atoms in total. The number of furan rings is 1. The highest BCUT2D eigenvalue weighted by atomic mass is 16.3. The van der Waals surface area contributed by atoms with E-state index in [1.807, 2.05) is 30.0 Å². The van der Waals surface area contributed by atoms with E-state index in [4.69, 9.17) is 9.40 Å². The van der Waals surface area contributed by atoms with Crippen molar-refractivity contribution in [3.8, 4) is 0 Å². The van der Waals surface area contributed by atoms with E-state index >= 15 is 0 Å². The number of hydrogen-bond donors (Lipinski definition) is 1. The number of aryl methyl sites for hydroxylation is 1. The van der Waals surface area contributed by atoms with Crippen molar-refractivity contribution in [1.29, 1.82) is 0 Å². The lowest BCUT2D eigenvalue weighted by molar-refractivity contribution is -0.115. The molecule has 0 radical (unpaired) electrons. The summed E-state index contributed by atoms with van der Waals surface area (Å²) in [4.78, 5) is 33.1. The Morgan fingerprint density at radius 1 is 1.13 bits per heavy atom. The summed E-state index contributed by atoms with van der Waals surface area (Å²) >= 11 is 0. The van der Waals surface area contributed by atoms with E-state index in [0.717, 1.165) is 48.7 Å². The van der Waals surface area contributed by atoms with Crippen molar-refractivity contribution >= 4 is 28.5 Å². The molecule has 0 spiro atoms. The monoisotopic (exact) mass is 409 g/mol. The molecule has 3 heterocycles. The lowest BCUT2D eigenvalue weighted by Crippen LogP contribution is -2.48. The summed E-state index contributed by atoms with van der Waals surface area (Å²) in [5.41, 5.74) is 2.72. The Kier molecular flexibility index (Phi) is 5.85. The number of fused-ring (bicyclic) bond motifs is 1. The van der Waals surface area contributed by atoms with Crippen molar-refractivity contribution in [2.45, 2.75) is 33.4 Å². The number of nitrogens with one attached hydrogen (secondary N) is 1. The average molecular weight is 409 g/mol. The predicted molar refractivity (Wildman–Crippen MR) is 114 cm³/mol. The van der Waals surface area contributed by atoms with Crippen molar-refractivity contribution in [3.05, 3.63) is 48.2 Å². The first-order valence-electron chi connectivity index (χ1n) is 10.4. The van der Waals surface area contributed by atoms with Gasteiger partial charge in [-0.2, -0.15) is 0 Å². The number of imidazole rings is 1. The number of aromatic nitrogens is 2. The smallest absolute Gasteiger partial charge is 0.289 e. The zero-order valence-corrected chi connectivity index (χ0v) is 17.4. The van der Waals surface area contributed by atoms with E-state index in [0.29, 0.717) is 25.3 Å². The lowest BCUT2D eigenvalue weighted by Gasteiger charge is -2.34. The SMILES string of the molecule is CCC(=O)Nc1ccc2c(c1)nc(CN1CCN(C(=O)c3ccco3)CC1)n2CC. The lowest BCUT2D eigenvalue weighted by atomic mass is 10.2. The van der Waals surface area contributed by atoms with Crippen LogP contribution in [0, 0.1) is 0 Å². The molecule has 2 aromatic heterocycles. The molecule has 0 unspecified atom stereocenters. The Morgan fingerprint density at radius 2 is 1.93 bits per heavy atom. The minimum atomic E-state index is -0.0536. The Hall–Kier alpha value is -3.13. The van der Waals surface area contributed by atoms with Crippen LogP contribution in [0.3, 0.4) is 0 Å². The minimum Gasteiger partial charge on any atom is -0.459 e. The third kappa shape index (κ3) is 4.09. The van der Waals surface area contributed by atoms with Crippen LogP contribution < -0.4 is 5.32 Å². The van der Waals surface area contributed by atoms with E-state index in [1.165, 1.54) is 6.26 Å². The third-order valence-corrected chi connectivity index (χ3v) is 5.50. The molecule has 1 aromatic carbocycles. The molecule has 0 bridgehead atoms. The maximum Gasteiger partial charge on any atom is 0.289 e. The Balaban J connectivity index is 1.44. The van der Waals surface area contributed by atoms with Crippen LogP contribution in [0.15, 0.2) is 41.0 Å². The van der Waals surface area contributed by atoms with Gasteiger partial charge in [0.05, 0.1) is 23.8 Å². The maximum absolute atomic E-state index is 12.4. The normalized spacial score (nSPS) is 14.9. The van der Waals surface area contributed by atoms with Gasteiger partial charge in [-0.1, -0.05) is 6.92 Å². The Labute approximate surface area is 175 Å². The molecule has 30 heavy (non-hydrogen) atoms. The van der Waals surface area contributed by atoms with E-state index in [9.17, 15) is 9.59 Å². The number of carbonyl (C=O) groups excluding carboxylic acids is 2. The zero-order valence-electron chi connectivity index (χ0n) is 17.4. The number of hydrogen-bond acceptors (Lipinski definition) is 5. The average Bonchev–Trinajstić information content (AvgIpc) is 3.41. The second kappa shape index (κ2) is 8.71. The number of amides is 2. The third-order valence-electron chi connectivity index (χ3n) is 5.50. The molecule has 3 aromatic rings. The van der Waals surface area contributed by atoms with Crippen LogP contribution in [0.25, 0.3) is 11.0 Å². The van der Waals surface area contributed by atoms with Crippen molar-refractivity contribution < 1.29 is 14.0 Å². The summed E-state index contributed by atoms with van der Waals surface area (Å²) in [5.74, 6) is 1.33. The van der Waals surface area contributed by atoms with Crippen molar-refractivity contribution in [3.63, 3.8) is 0 Å². The highest BCUT2D eigenvalue weighted by Crippen LogP contribution is 2.22. The van der Waals surface area contributed by atoms with Gasteiger partial charge in [0.2, 0.25) is 5.91 Å². The minimum absolute atomic E-state index is 0.00790. The van der Waals surface area contributed by atoms with Crippen molar-refractivity contribution in [2.24, 2.45) is 0 Å². The molecule has 0 aliphatic carbocycles. The molecule has 1 aliphatic heterocycles. The summed E-state index contributed by atoms with van der Waals surface area (Å²) in [5, 5.41) is 2.90. The fourth-order valence-electron chi connectivity index (χ4n) is 3.85. The molecule has 0 atom stereocenters. The topological polar surface area (TPSA) is 83.6 Å². The molecular formula is C22H27N5O3. The van der Waals surface area contributed by atoms with Gasteiger partial charge in [0, 0.05) is 44.8 Å². The van der Waals surface area contributed by atoms with Crippen molar-refractivity contribution in [1.82, 2.24) is 19.4 Å². The summed E-state index contributed by atoms with van der Waals surface area (Å²) in [7, 11) is 0. The summed E-state index contributed by atoms with van der Waals surface area (Å²) in [6.45, 7) is 8.40. The van der Waals surface area contributed by atoms with E-state index in [2.05, 4.69) is 21.7 Å². The number of nitrogens with zero attached hydrogens (tertiary/aromatic N) is 4. The van der Waals surface area contributed by atoms with Gasteiger partial charge < -0.3 is 19.2 Å². The largest absolute Gasteiger partial charge is 0.459 e. The van der Waals surface area contributed by atoms with Gasteiger partial charge in [-0.3, -0.25) is 14.5 Å². The van der Waals surface area contributed by atoms with Gasteiger partial charge >= 0.3 is 0 Å². The summed E-state index contributed by atoms with van der Waals surface area (Å²) < 4.78 is 7.44. The highest BCUT2D eigenvalue weighted by molar-refractivity contribution is 5.93. The van der Waals surface area contributed by atoms with Crippen LogP contribution in [0.1, 0.15) is 36.6 Å². The van der Waals surface area contributed by atoms with E-state index in [-0.39, 0.29) is 11.8 Å². The summed E-state index contributed by atoms with van der Waals surface area (Å²) in [6, 6.07) is 9.30. The molecular weight excluding hydrogens is 382 g/mol. The standard InChI is InChI=1S/C22H27N5O3/c1-3-21(28)23-16-7-8-18-17(14-16)24-20(27(18)4-2)15-25-9-11-26(12-10-25)22(29)19-6-5-13-30-19/h5-8,13-14H,3-4,9-12,15H2,1-2H3,(H,23,28). The van der Waals surface area contributed by atoms with Crippen LogP contribution in [-0.2, 0) is 17.9 Å². The number of rotatable bonds is 6. The first-order valence-corrected chi connectivity index (χ1v) is 10.4. The van der Waals surface area contributed by atoms with Crippen LogP contribution in [0.2, 0.25) is 0 Å². The molecule has 2 amide bonds. The highest BCUT2D eigenvalue weighted by Gasteiger charge is 2.24. The second-order valence-corrected chi connectivity index (χ2v) is 7.42. The first-order chi connectivity index (χ1) is 14.6. The Bertz CT molecular complexity index is 1030. The van der Waals surface area contributed by atoms with Crippen LogP contribution in [0.5, 0.6) is 0 Å². The van der Waals surface area contributed by atoms with Crippen LogP contribution >= 0.6 is 0 Å². The van der Waals surface area contributed by atoms with E-state index < -0.39 is 0 Å². The van der Waals surface area contributed by atoms with Gasteiger partial charge in [-0.05, 0) is 37.3 Å². The quantitative estimate of drug-likeness (QED) is 0.677. The van der Waals surface area contributed by atoms with Gasteiger partial charge in [0.15, 0.2) is 5.76 Å². The number of carbonyl (C=O) groups is 2. The van der Waals surface area contributed by atoms with Crippen LogP contribution in [-0.4, -0.2) is 57.3 Å². The fraction of sp³-hybridized carbons (Fsp3) is 0.409. The molecule has 8 heteroatoms. The molecule has 1 saturated heterocycles. The van der Waals surface area contributed by atoms with Gasteiger partial charge in [0.1, 0.15) is 5.82 Å². The van der Waals surface area contributed by atoms with Crippen LogP contribution in [0.4, 0.5) is 5.69 Å². The molecule has 4 rings (SSSR count). The molecule has 1 N–H and O–H groups in total. The van der Waals surface area contributed by atoms with E-state index in [1.54, 1.807) is 12.1 Å². The molecule has 1 aliphatic rings. The second-order valence-electron chi connectivity index (χ2n) is 7.42. The van der Waals surface area contributed by atoms with Gasteiger partial charge in [-0.25, -0.2) is 4.98 Å². The van der Waals surface area contributed by atoms with Gasteiger partial charge in [-0.15, -0.1) is 0 Å². The Morgan fingerprint density at radius 3 is 2.60 bits per heavy atom. The molecule has 0 saturated carbocycles. The molecule has 1 fully saturated rings. The zero-order chi connectivity index (χ0) is 21.1. The number of piperazine rings is 1. The molecule has 158 valence electrons. The first kappa shape index (κ1) is 20.2. The maximum atomic E-state index is 12.4. The number of anilines is 1.